The van der Waals surface area contributed by atoms with Gasteiger partial charge in [-0.2, -0.15) is 0 Å². The van der Waals surface area contributed by atoms with E-state index in [0.717, 1.165) is 0 Å². The van der Waals surface area contributed by atoms with E-state index >= 15 is 0 Å². The smallest absolute Gasteiger partial charge is 0.307 e. The molecule has 16 heavy (non-hydrogen) atoms. The summed E-state index contributed by atoms with van der Waals surface area (Å²) in [6.45, 7) is 0. The lowest BCUT2D eigenvalue weighted by molar-refractivity contribution is -0.139. The van der Waals surface area contributed by atoms with Crippen molar-refractivity contribution in [3.63, 3.8) is 0 Å². The van der Waals surface area contributed by atoms with Crippen molar-refractivity contribution in [2.45, 2.75) is 6.42 Å². The van der Waals surface area contributed by atoms with Gasteiger partial charge in [-0.25, -0.2) is 4.98 Å². The molecule has 2 atom stereocenters. The van der Waals surface area contributed by atoms with Gasteiger partial charge in [0.05, 0.1) is 23.7 Å². The van der Waals surface area contributed by atoms with Crippen LogP contribution in [0.1, 0.15) is 6.42 Å². The highest BCUT2D eigenvalue weighted by molar-refractivity contribution is 9.10. The van der Waals surface area contributed by atoms with E-state index in [9.17, 15) is 9.59 Å². The van der Waals surface area contributed by atoms with Crippen LogP contribution in [0.25, 0.3) is 0 Å². The number of carbonyl (C=O) groups is 2. The van der Waals surface area contributed by atoms with Crippen LogP contribution in [-0.4, -0.2) is 22.0 Å². The Kier molecular flexibility index (Phi) is 2.91. The molecule has 1 aromatic heterocycles. The second-order valence-electron chi connectivity index (χ2n) is 3.65. The highest BCUT2D eigenvalue weighted by Crippen LogP contribution is 2.39. The summed E-state index contributed by atoms with van der Waals surface area (Å²) >= 11 is 3.18. The molecule has 0 aromatic carbocycles. The Balaban J connectivity index is 1.94. The molecule has 5 nitrogen and oxygen atoms in total. The standard InChI is InChI=1S/C10H9BrN2O3/c11-8-2-1-5(4-12-8)13-9(14)6-3-7(6)10(15)16/h1-2,4,6-7H,3H2,(H,13,14)(H,15,16)/t6-,7+/m1/s1. The quantitative estimate of drug-likeness (QED) is 0.825. The van der Waals surface area contributed by atoms with Crippen molar-refractivity contribution in [2.75, 3.05) is 5.32 Å². The highest BCUT2D eigenvalue weighted by Gasteiger charge is 2.48. The second-order valence-corrected chi connectivity index (χ2v) is 4.46. The Morgan fingerprint density at radius 2 is 2.19 bits per heavy atom. The average molecular weight is 285 g/mol. The second kappa shape index (κ2) is 4.21. The number of rotatable bonds is 3. The van der Waals surface area contributed by atoms with Crippen LogP contribution in [0.15, 0.2) is 22.9 Å². The number of carbonyl (C=O) groups excluding carboxylic acids is 1. The van der Waals surface area contributed by atoms with Gasteiger partial charge in [-0.05, 0) is 34.5 Å². The monoisotopic (exact) mass is 284 g/mol. The number of nitrogens with zero attached hydrogens (tertiary/aromatic N) is 1. The first-order valence-corrected chi connectivity index (χ1v) is 5.52. The number of carboxylic acids is 1. The van der Waals surface area contributed by atoms with Crippen molar-refractivity contribution in [3.05, 3.63) is 22.9 Å². The third kappa shape index (κ3) is 2.38. The Bertz CT molecular complexity index is 432. The predicted molar refractivity (Wildman–Crippen MR) is 59.8 cm³/mol. The van der Waals surface area contributed by atoms with Crippen LogP contribution < -0.4 is 5.32 Å². The number of pyridine rings is 1. The molecular weight excluding hydrogens is 276 g/mol. The van der Waals surface area contributed by atoms with Crippen LogP contribution in [0.3, 0.4) is 0 Å². The minimum Gasteiger partial charge on any atom is -0.481 e. The number of halogens is 1. The zero-order chi connectivity index (χ0) is 11.7. The van der Waals surface area contributed by atoms with Crippen molar-refractivity contribution < 1.29 is 14.7 Å². The van der Waals surface area contributed by atoms with E-state index in [1.807, 2.05) is 0 Å². The van der Waals surface area contributed by atoms with Crippen molar-refractivity contribution in [3.8, 4) is 0 Å². The first-order valence-electron chi connectivity index (χ1n) is 4.73. The number of amides is 1. The molecule has 0 spiro atoms. The Hall–Kier alpha value is -1.43. The molecule has 1 saturated carbocycles. The zero-order valence-corrected chi connectivity index (χ0v) is 9.77. The van der Waals surface area contributed by atoms with Crippen LogP contribution in [0, 0.1) is 11.8 Å². The topological polar surface area (TPSA) is 79.3 Å². The number of nitrogens with one attached hydrogen (secondary N) is 1. The fourth-order valence-electron chi connectivity index (χ4n) is 1.44. The van der Waals surface area contributed by atoms with Gasteiger partial charge in [0.15, 0.2) is 0 Å². The largest absolute Gasteiger partial charge is 0.481 e. The molecule has 0 bridgehead atoms. The van der Waals surface area contributed by atoms with Crippen LogP contribution in [0.5, 0.6) is 0 Å². The maximum Gasteiger partial charge on any atom is 0.307 e. The van der Waals surface area contributed by atoms with Gasteiger partial charge in [0, 0.05) is 0 Å². The molecule has 0 radical (unpaired) electrons. The van der Waals surface area contributed by atoms with E-state index in [4.69, 9.17) is 5.11 Å². The van der Waals surface area contributed by atoms with Crippen molar-refractivity contribution in [2.24, 2.45) is 11.8 Å². The molecule has 1 heterocycles. The number of carboxylic acid groups (broad SMARTS) is 1. The van der Waals surface area contributed by atoms with Gasteiger partial charge in [0.25, 0.3) is 0 Å². The van der Waals surface area contributed by atoms with Gasteiger partial charge >= 0.3 is 5.97 Å². The molecule has 0 aliphatic heterocycles. The van der Waals surface area contributed by atoms with Crippen molar-refractivity contribution in [1.29, 1.82) is 0 Å². The molecule has 1 fully saturated rings. The van der Waals surface area contributed by atoms with Crippen molar-refractivity contribution in [1.82, 2.24) is 4.98 Å². The maximum absolute atomic E-state index is 11.6. The Labute approximate surface area is 100 Å². The fourth-order valence-corrected chi connectivity index (χ4v) is 1.68. The number of anilines is 1. The minimum atomic E-state index is -0.908. The lowest BCUT2D eigenvalue weighted by Gasteiger charge is -2.03. The zero-order valence-electron chi connectivity index (χ0n) is 8.18. The molecular formula is C10H9BrN2O3. The van der Waals surface area contributed by atoms with Crippen molar-refractivity contribution >= 4 is 33.5 Å². The number of hydrogen-bond donors (Lipinski definition) is 2. The van der Waals surface area contributed by atoms with Crippen LogP contribution in [0.4, 0.5) is 5.69 Å². The summed E-state index contributed by atoms with van der Waals surface area (Å²) in [5, 5.41) is 11.3. The Morgan fingerprint density at radius 1 is 1.44 bits per heavy atom. The van der Waals surface area contributed by atoms with Crippen LogP contribution >= 0.6 is 15.9 Å². The van der Waals surface area contributed by atoms with E-state index in [1.54, 1.807) is 12.1 Å². The number of hydrogen-bond acceptors (Lipinski definition) is 3. The SMILES string of the molecule is O=C(O)[C@H]1C[C@H]1C(=O)Nc1ccc(Br)nc1. The minimum absolute atomic E-state index is 0.253. The van der Waals surface area contributed by atoms with E-state index in [2.05, 4.69) is 26.2 Å². The molecule has 0 saturated heterocycles. The molecule has 1 aliphatic rings. The molecule has 0 unspecified atom stereocenters. The normalized spacial score (nSPS) is 22.6. The summed E-state index contributed by atoms with van der Waals surface area (Å²) in [4.78, 5) is 26.1. The van der Waals surface area contributed by atoms with Gasteiger partial charge in [0.2, 0.25) is 5.91 Å². The molecule has 2 N–H and O–H groups in total. The van der Waals surface area contributed by atoms with Gasteiger partial charge in [0.1, 0.15) is 4.60 Å². The van der Waals surface area contributed by atoms with E-state index in [1.165, 1.54) is 6.20 Å². The summed E-state index contributed by atoms with van der Waals surface area (Å²) in [5.74, 6) is -2.09. The summed E-state index contributed by atoms with van der Waals surface area (Å²) in [7, 11) is 0. The van der Waals surface area contributed by atoms with Gasteiger partial charge in [-0.1, -0.05) is 0 Å². The predicted octanol–water partition coefficient (Wildman–Crippen LogP) is 1.50. The van der Waals surface area contributed by atoms with Gasteiger partial charge in [-0.3, -0.25) is 9.59 Å². The van der Waals surface area contributed by atoms with Crippen LogP contribution in [0.2, 0.25) is 0 Å². The summed E-state index contributed by atoms with van der Waals surface area (Å²) in [6.07, 6.45) is 1.94. The number of aliphatic carboxylic acids is 1. The first-order chi connectivity index (χ1) is 7.58. The summed E-state index contributed by atoms with van der Waals surface area (Å²) in [6, 6.07) is 3.41. The lowest BCUT2D eigenvalue weighted by atomic mass is 10.3. The van der Waals surface area contributed by atoms with E-state index < -0.39 is 17.8 Å². The third-order valence-corrected chi connectivity index (χ3v) is 2.91. The third-order valence-electron chi connectivity index (χ3n) is 2.44. The summed E-state index contributed by atoms with van der Waals surface area (Å²) < 4.78 is 0.681. The van der Waals surface area contributed by atoms with E-state index in [0.29, 0.717) is 16.7 Å². The number of aromatic nitrogens is 1. The molecule has 1 aromatic rings. The van der Waals surface area contributed by atoms with Crippen LogP contribution in [-0.2, 0) is 9.59 Å². The molecule has 6 heteroatoms. The molecule has 1 amide bonds. The Morgan fingerprint density at radius 3 is 2.69 bits per heavy atom. The van der Waals surface area contributed by atoms with E-state index in [-0.39, 0.29) is 5.91 Å². The maximum atomic E-state index is 11.6. The first kappa shape index (κ1) is 11.1. The average Bonchev–Trinajstić information content (AvgIpc) is 3.01. The van der Waals surface area contributed by atoms with Gasteiger partial charge < -0.3 is 10.4 Å². The molecule has 2 rings (SSSR count). The molecule has 1 aliphatic carbocycles. The summed E-state index contributed by atoms with van der Waals surface area (Å²) in [5.41, 5.74) is 0.573. The van der Waals surface area contributed by atoms with Gasteiger partial charge in [-0.15, -0.1) is 0 Å². The molecule has 84 valence electrons. The highest BCUT2D eigenvalue weighted by atomic mass is 79.9. The fraction of sp³-hybridized carbons (Fsp3) is 0.300. The lowest BCUT2D eigenvalue weighted by Crippen LogP contribution is -2.16.